The van der Waals surface area contributed by atoms with Gasteiger partial charge in [-0.25, -0.2) is 9.18 Å². The molecule has 0 spiro atoms. The molecule has 0 unspecified atom stereocenters. The summed E-state index contributed by atoms with van der Waals surface area (Å²) in [6.45, 7) is 2.17. The Labute approximate surface area is 130 Å². The third kappa shape index (κ3) is 4.01. The zero-order valence-corrected chi connectivity index (χ0v) is 12.2. The minimum Gasteiger partial charge on any atom is -0.346 e. The van der Waals surface area contributed by atoms with Gasteiger partial charge in [0.15, 0.2) is 0 Å². The smallest absolute Gasteiger partial charge is 0.346 e. The second kappa shape index (κ2) is 7.32. The molecule has 0 atom stereocenters. The summed E-state index contributed by atoms with van der Waals surface area (Å²) in [5.74, 6) is -2.04. The van der Waals surface area contributed by atoms with Crippen LogP contribution in [0.2, 0.25) is 0 Å². The molecule has 1 heterocycles. The molecule has 8 heteroatoms. The molecule has 1 aromatic heterocycles. The summed E-state index contributed by atoms with van der Waals surface area (Å²) >= 11 is 0. The molecular weight excluding hydrogens is 305 g/mol. The average molecular weight is 319 g/mol. The lowest BCUT2D eigenvalue weighted by Crippen LogP contribution is -2.40. The number of halogens is 1. The summed E-state index contributed by atoms with van der Waals surface area (Å²) in [5.41, 5.74) is 3.58. The molecule has 0 radical (unpaired) electrons. The molecule has 0 aliphatic heterocycles. The van der Waals surface area contributed by atoms with Crippen LogP contribution in [0.15, 0.2) is 47.4 Å². The summed E-state index contributed by atoms with van der Waals surface area (Å²) in [6, 6.07) is 7.64. The van der Waals surface area contributed by atoms with Gasteiger partial charge in [-0.05, 0) is 43.3 Å². The standard InChI is InChI=1S/C15H14FN3O4/c1-2-19-9-3-4-12(14(19)21)15(22)23-18-17-13(20)10-5-7-11(16)8-6-10/h3-9,18H,2H2,1H3,(H,17,20). The number of hydrogen-bond donors (Lipinski definition) is 2. The molecular formula is C15H14FN3O4. The number of rotatable bonds is 5. The van der Waals surface area contributed by atoms with Crippen LogP contribution in [0.4, 0.5) is 4.39 Å². The van der Waals surface area contributed by atoms with Crippen LogP contribution in [-0.4, -0.2) is 16.4 Å². The lowest BCUT2D eigenvalue weighted by atomic mass is 10.2. The van der Waals surface area contributed by atoms with E-state index < -0.39 is 23.3 Å². The predicted molar refractivity (Wildman–Crippen MR) is 78.8 cm³/mol. The fourth-order valence-electron chi connectivity index (χ4n) is 1.79. The van der Waals surface area contributed by atoms with Gasteiger partial charge >= 0.3 is 5.97 Å². The zero-order valence-electron chi connectivity index (χ0n) is 12.2. The molecule has 0 saturated carbocycles. The third-order valence-corrected chi connectivity index (χ3v) is 3.00. The van der Waals surface area contributed by atoms with Crippen LogP contribution in [0, 0.1) is 5.82 Å². The first-order valence-corrected chi connectivity index (χ1v) is 6.74. The molecule has 1 aromatic carbocycles. The molecule has 0 aliphatic carbocycles. The number of benzene rings is 1. The fourth-order valence-corrected chi connectivity index (χ4v) is 1.79. The van der Waals surface area contributed by atoms with Crippen molar-refractivity contribution in [2.45, 2.75) is 13.5 Å². The maximum absolute atomic E-state index is 12.7. The van der Waals surface area contributed by atoms with Crippen LogP contribution >= 0.6 is 0 Å². The van der Waals surface area contributed by atoms with Gasteiger partial charge in [0.2, 0.25) is 0 Å². The van der Waals surface area contributed by atoms with Crippen molar-refractivity contribution in [3.05, 3.63) is 69.9 Å². The number of nitrogens with one attached hydrogen (secondary N) is 2. The molecule has 23 heavy (non-hydrogen) atoms. The van der Waals surface area contributed by atoms with Crippen LogP contribution in [0.1, 0.15) is 27.6 Å². The van der Waals surface area contributed by atoms with Gasteiger partial charge in [-0.2, -0.15) is 0 Å². The van der Waals surface area contributed by atoms with Gasteiger partial charge < -0.3 is 9.40 Å². The molecule has 1 amide bonds. The first-order valence-electron chi connectivity index (χ1n) is 6.74. The zero-order chi connectivity index (χ0) is 16.8. The van der Waals surface area contributed by atoms with Crippen molar-refractivity contribution in [1.29, 1.82) is 0 Å². The number of hydrogen-bond acceptors (Lipinski definition) is 5. The van der Waals surface area contributed by atoms with Crippen molar-refractivity contribution in [2.24, 2.45) is 0 Å². The summed E-state index contributed by atoms with van der Waals surface area (Å²) in [4.78, 5) is 40.0. The van der Waals surface area contributed by atoms with E-state index >= 15 is 0 Å². The van der Waals surface area contributed by atoms with E-state index in [0.717, 1.165) is 12.1 Å². The molecule has 2 rings (SSSR count). The third-order valence-electron chi connectivity index (χ3n) is 3.00. The van der Waals surface area contributed by atoms with Crippen LogP contribution < -0.4 is 16.6 Å². The monoisotopic (exact) mass is 319 g/mol. The average Bonchev–Trinajstić information content (AvgIpc) is 2.55. The van der Waals surface area contributed by atoms with E-state index in [4.69, 9.17) is 0 Å². The SMILES string of the molecule is CCn1cccc(C(=O)ONNC(=O)c2ccc(F)cc2)c1=O. The van der Waals surface area contributed by atoms with Crippen molar-refractivity contribution in [1.82, 2.24) is 15.6 Å². The lowest BCUT2D eigenvalue weighted by molar-refractivity contribution is 0.0135. The van der Waals surface area contributed by atoms with Gasteiger partial charge in [0.1, 0.15) is 11.4 Å². The van der Waals surface area contributed by atoms with Crippen LogP contribution in [-0.2, 0) is 11.4 Å². The largest absolute Gasteiger partial charge is 0.364 e. The lowest BCUT2D eigenvalue weighted by Gasteiger charge is -2.08. The Kier molecular flexibility index (Phi) is 5.21. The minimum absolute atomic E-state index is 0.169. The molecule has 120 valence electrons. The number of aromatic nitrogens is 1. The van der Waals surface area contributed by atoms with Crippen molar-refractivity contribution in [3.63, 3.8) is 0 Å². The van der Waals surface area contributed by atoms with E-state index in [9.17, 15) is 18.8 Å². The van der Waals surface area contributed by atoms with Gasteiger partial charge in [0.25, 0.3) is 11.5 Å². The summed E-state index contributed by atoms with van der Waals surface area (Å²) in [7, 11) is 0. The molecule has 7 nitrogen and oxygen atoms in total. The highest BCUT2D eigenvalue weighted by atomic mass is 19.1. The van der Waals surface area contributed by atoms with Crippen LogP contribution in [0.5, 0.6) is 0 Å². The maximum Gasteiger partial charge on any atom is 0.364 e. The topological polar surface area (TPSA) is 89.4 Å². The fraction of sp³-hybridized carbons (Fsp3) is 0.133. The number of nitrogens with zero attached hydrogens (tertiary/aromatic N) is 1. The van der Waals surface area contributed by atoms with E-state index in [1.54, 1.807) is 19.2 Å². The van der Waals surface area contributed by atoms with E-state index in [1.807, 2.05) is 5.59 Å². The second-order valence-electron chi connectivity index (χ2n) is 4.47. The van der Waals surface area contributed by atoms with E-state index in [-0.39, 0.29) is 11.1 Å². The van der Waals surface area contributed by atoms with Crippen LogP contribution in [0.3, 0.4) is 0 Å². The summed E-state index contributed by atoms with van der Waals surface area (Å²) < 4.78 is 14.1. The van der Waals surface area contributed by atoms with Crippen LogP contribution in [0.25, 0.3) is 0 Å². The second-order valence-corrected chi connectivity index (χ2v) is 4.47. The number of aryl methyl sites for hydroxylation is 1. The Morgan fingerprint density at radius 1 is 1.22 bits per heavy atom. The van der Waals surface area contributed by atoms with E-state index in [0.29, 0.717) is 6.54 Å². The molecule has 0 fully saturated rings. The highest BCUT2D eigenvalue weighted by molar-refractivity contribution is 5.94. The number of amides is 1. The molecule has 0 saturated heterocycles. The number of pyridine rings is 1. The van der Waals surface area contributed by atoms with Crippen molar-refractivity contribution in [2.75, 3.05) is 0 Å². The first-order chi connectivity index (χ1) is 11.0. The number of carbonyl (C=O) groups excluding carboxylic acids is 2. The van der Waals surface area contributed by atoms with Crippen molar-refractivity contribution >= 4 is 11.9 Å². The number of carbonyl (C=O) groups is 2. The Morgan fingerprint density at radius 3 is 2.57 bits per heavy atom. The highest BCUT2D eigenvalue weighted by Gasteiger charge is 2.14. The van der Waals surface area contributed by atoms with Crippen molar-refractivity contribution in [3.8, 4) is 0 Å². The summed E-state index contributed by atoms with van der Waals surface area (Å²) in [5, 5.41) is 0. The quantitative estimate of drug-likeness (QED) is 0.803. The highest BCUT2D eigenvalue weighted by Crippen LogP contribution is 2.02. The maximum atomic E-state index is 12.7. The number of hydrazine groups is 1. The first kappa shape index (κ1) is 16.4. The Balaban J connectivity index is 1.94. The predicted octanol–water partition coefficient (Wildman–Crippen LogP) is 1.01. The minimum atomic E-state index is -0.933. The van der Waals surface area contributed by atoms with Gasteiger partial charge in [0.05, 0.1) is 0 Å². The van der Waals surface area contributed by atoms with Gasteiger partial charge in [-0.15, -0.1) is 0 Å². The summed E-state index contributed by atoms with van der Waals surface area (Å²) in [6.07, 6.45) is 1.54. The Hall–Kier alpha value is -3.00. The van der Waals surface area contributed by atoms with Gasteiger partial charge in [-0.1, -0.05) is 5.59 Å². The molecule has 2 N–H and O–H groups in total. The molecule has 2 aromatic rings. The van der Waals surface area contributed by atoms with E-state index in [1.165, 1.54) is 22.8 Å². The van der Waals surface area contributed by atoms with E-state index in [2.05, 4.69) is 10.3 Å². The molecule has 0 aliphatic rings. The Bertz CT molecular complexity index is 771. The molecule has 0 bridgehead atoms. The van der Waals surface area contributed by atoms with Gasteiger partial charge in [0, 0.05) is 18.3 Å². The normalized spacial score (nSPS) is 10.2. The van der Waals surface area contributed by atoms with Crippen molar-refractivity contribution < 1.29 is 18.8 Å². The van der Waals surface area contributed by atoms with Gasteiger partial charge in [-0.3, -0.25) is 15.0 Å². The Morgan fingerprint density at radius 2 is 1.91 bits per heavy atom.